The molecule has 0 N–H and O–H groups in total. The summed E-state index contributed by atoms with van der Waals surface area (Å²) in [5.74, 6) is 0.446. The van der Waals surface area contributed by atoms with Crippen molar-refractivity contribution in [3.8, 4) is 0 Å². The molecule has 3 rings (SSSR count). The molecular formula is C17H19N5O2. The molecule has 124 valence electrons. The van der Waals surface area contributed by atoms with Crippen LogP contribution < -0.4 is 5.56 Å². The summed E-state index contributed by atoms with van der Waals surface area (Å²) in [6, 6.07) is 7.57. The lowest BCUT2D eigenvalue weighted by molar-refractivity contribution is 0.0781. The SMILES string of the molecule is CCc1ccc(C(=O)N(C)Cc2nnc3c(=O)n(C)ccn23)cc1. The number of benzene rings is 1. The first-order chi connectivity index (χ1) is 11.5. The van der Waals surface area contributed by atoms with Crippen LogP contribution >= 0.6 is 0 Å². The van der Waals surface area contributed by atoms with Crippen LogP contribution in [0.4, 0.5) is 0 Å². The van der Waals surface area contributed by atoms with Crippen molar-refractivity contribution in [3.63, 3.8) is 0 Å². The second-order valence-electron chi connectivity index (χ2n) is 5.74. The minimum absolute atomic E-state index is 0.0989. The molecule has 2 aromatic heterocycles. The predicted octanol–water partition coefficient (Wildman–Crippen LogP) is 1.26. The van der Waals surface area contributed by atoms with Gasteiger partial charge in [-0.05, 0) is 24.1 Å². The van der Waals surface area contributed by atoms with E-state index >= 15 is 0 Å². The second kappa shape index (κ2) is 6.27. The maximum absolute atomic E-state index is 12.5. The molecule has 0 spiro atoms. The molecular weight excluding hydrogens is 306 g/mol. The van der Waals surface area contributed by atoms with Crippen LogP contribution in [0.5, 0.6) is 0 Å². The van der Waals surface area contributed by atoms with Crippen LogP contribution in [0.25, 0.3) is 5.65 Å². The van der Waals surface area contributed by atoms with Crippen molar-refractivity contribution in [2.75, 3.05) is 7.05 Å². The summed E-state index contributed by atoms with van der Waals surface area (Å²) < 4.78 is 3.06. The maximum atomic E-state index is 12.5. The Morgan fingerprint density at radius 1 is 1.17 bits per heavy atom. The number of hydrogen-bond acceptors (Lipinski definition) is 4. The van der Waals surface area contributed by atoms with Gasteiger partial charge in [-0.15, -0.1) is 10.2 Å². The highest BCUT2D eigenvalue weighted by Crippen LogP contribution is 2.10. The molecule has 2 heterocycles. The van der Waals surface area contributed by atoms with Crippen molar-refractivity contribution in [3.05, 3.63) is 64.0 Å². The monoisotopic (exact) mass is 325 g/mol. The van der Waals surface area contributed by atoms with E-state index in [-0.39, 0.29) is 23.7 Å². The molecule has 7 heteroatoms. The third-order valence-corrected chi connectivity index (χ3v) is 4.05. The zero-order valence-corrected chi connectivity index (χ0v) is 13.9. The number of carbonyl (C=O) groups is 1. The fourth-order valence-corrected chi connectivity index (χ4v) is 2.51. The van der Waals surface area contributed by atoms with E-state index in [1.807, 2.05) is 24.3 Å². The molecule has 3 aromatic rings. The van der Waals surface area contributed by atoms with Crippen molar-refractivity contribution < 1.29 is 4.79 Å². The van der Waals surface area contributed by atoms with Crippen molar-refractivity contribution in [2.24, 2.45) is 7.05 Å². The first-order valence-electron chi connectivity index (χ1n) is 7.75. The van der Waals surface area contributed by atoms with Gasteiger partial charge in [-0.25, -0.2) is 0 Å². The number of rotatable bonds is 4. The Labute approximate surface area is 139 Å². The van der Waals surface area contributed by atoms with Gasteiger partial charge in [0.1, 0.15) is 0 Å². The summed E-state index contributed by atoms with van der Waals surface area (Å²) in [7, 11) is 3.37. The summed E-state index contributed by atoms with van der Waals surface area (Å²) in [5.41, 5.74) is 1.84. The summed E-state index contributed by atoms with van der Waals surface area (Å²) in [6.07, 6.45) is 4.30. The zero-order chi connectivity index (χ0) is 17.3. The molecule has 0 aliphatic heterocycles. The Morgan fingerprint density at radius 3 is 2.54 bits per heavy atom. The van der Waals surface area contributed by atoms with E-state index in [2.05, 4.69) is 17.1 Å². The van der Waals surface area contributed by atoms with Crippen molar-refractivity contribution in [1.82, 2.24) is 24.1 Å². The molecule has 0 radical (unpaired) electrons. The normalized spacial score (nSPS) is 11.0. The fraction of sp³-hybridized carbons (Fsp3) is 0.294. The molecule has 24 heavy (non-hydrogen) atoms. The zero-order valence-electron chi connectivity index (χ0n) is 13.9. The van der Waals surface area contributed by atoms with Crippen LogP contribution in [0, 0.1) is 0 Å². The van der Waals surface area contributed by atoms with Crippen LogP contribution in [-0.4, -0.2) is 37.0 Å². The number of aryl methyl sites for hydroxylation is 2. The second-order valence-corrected chi connectivity index (χ2v) is 5.74. The summed E-state index contributed by atoms with van der Waals surface area (Å²) in [5, 5.41) is 7.97. The maximum Gasteiger partial charge on any atom is 0.295 e. The number of hydrogen-bond donors (Lipinski definition) is 0. The van der Waals surface area contributed by atoms with Gasteiger partial charge in [-0.2, -0.15) is 0 Å². The Hall–Kier alpha value is -2.96. The van der Waals surface area contributed by atoms with Crippen LogP contribution in [0.15, 0.2) is 41.5 Å². The highest BCUT2D eigenvalue weighted by molar-refractivity contribution is 5.94. The lowest BCUT2D eigenvalue weighted by atomic mass is 10.1. The number of fused-ring (bicyclic) bond motifs is 1. The molecule has 0 aliphatic carbocycles. The third kappa shape index (κ3) is 2.80. The van der Waals surface area contributed by atoms with Gasteiger partial charge in [0.15, 0.2) is 5.82 Å². The van der Waals surface area contributed by atoms with E-state index in [1.165, 1.54) is 10.1 Å². The molecule has 0 aliphatic rings. The molecule has 0 saturated heterocycles. The van der Waals surface area contributed by atoms with Gasteiger partial charge >= 0.3 is 0 Å². The number of amides is 1. The van der Waals surface area contributed by atoms with Gasteiger partial charge < -0.3 is 9.47 Å². The molecule has 0 atom stereocenters. The van der Waals surface area contributed by atoms with Crippen LogP contribution in [0.3, 0.4) is 0 Å². The van der Waals surface area contributed by atoms with Crippen molar-refractivity contribution >= 4 is 11.6 Å². The molecule has 0 bridgehead atoms. The summed E-state index contributed by atoms with van der Waals surface area (Å²) >= 11 is 0. The van der Waals surface area contributed by atoms with E-state index in [1.54, 1.807) is 35.8 Å². The molecule has 0 fully saturated rings. The molecule has 7 nitrogen and oxygen atoms in total. The third-order valence-electron chi connectivity index (χ3n) is 4.05. The van der Waals surface area contributed by atoms with Gasteiger partial charge in [-0.1, -0.05) is 19.1 Å². The smallest absolute Gasteiger partial charge is 0.295 e. The van der Waals surface area contributed by atoms with Gasteiger partial charge in [0.05, 0.1) is 6.54 Å². The van der Waals surface area contributed by atoms with E-state index in [0.717, 1.165) is 6.42 Å². The highest BCUT2D eigenvalue weighted by atomic mass is 16.2. The van der Waals surface area contributed by atoms with E-state index in [0.29, 0.717) is 11.4 Å². The van der Waals surface area contributed by atoms with Crippen LogP contribution in [0.1, 0.15) is 28.7 Å². The minimum atomic E-state index is -0.222. The van der Waals surface area contributed by atoms with E-state index < -0.39 is 0 Å². The topological polar surface area (TPSA) is 72.5 Å². The lowest BCUT2D eigenvalue weighted by Crippen LogP contribution is -2.27. The summed E-state index contributed by atoms with van der Waals surface area (Å²) in [4.78, 5) is 26.1. The first-order valence-corrected chi connectivity index (χ1v) is 7.75. The predicted molar refractivity (Wildman–Crippen MR) is 89.8 cm³/mol. The van der Waals surface area contributed by atoms with Crippen LogP contribution in [0.2, 0.25) is 0 Å². The van der Waals surface area contributed by atoms with Gasteiger partial charge in [0.25, 0.3) is 11.5 Å². The van der Waals surface area contributed by atoms with Gasteiger partial charge in [0.2, 0.25) is 5.65 Å². The fourth-order valence-electron chi connectivity index (χ4n) is 2.51. The lowest BCUT2D eigenvalue weighted by Gasteiger charge is -2.16. The van der Waals surface area contributed by atoms with Crippen molar-refractivity contribution in [1.29, 1.82) is 0 Å². The first kappa shape index (κ1) is 15.9. The Kier molecular flexibility index (Phi) is 4.16. The van der Waals surface area contributed by atoms with E-state index in [9.17, 15) is 9.59 Å². The minimum Gasteiger partial charge on any atom is -0.334 e. The Morgan fingerprint density at radius 2 is 1.88 bits per heavy atom. The summed E-state index contributed by atoms with van der Waals surface area (Å²) in [6.45, 7) is 2.34. The average molecular weight is 325 g/mol. The van der Waals surface area contributed by atoms with Crippen LogP contribution in [-0.2, 0) is 20.0 Å². The average Bonchev–Trinajstić information content (AvgIpc) is 3.01. The van der Waals surface area contributed by atoms with E-state index in [4.69, 9.17) is 0 Å². The Balaban J connectivity index is 1.84. The van der Waals surface area contributed by atoms with Crippen molar-refractivity contribution in [2.45, 2.75) is 19.9 Å². The Bertz CT molecular complexity index is 940. The molecule has 1 aromatic carbocycles. The standard InChI is InChI=1S/C17H19N5O2/c1-4-12-5-7-13(8-6-12)16(23)21(3)11-14-18-19-15-17(24)20(2)9-10-22(14)15/h5-10H,4,11H2,1-3H3. The highest BCUT2D eigenvalue weighted by Gasteiger charge is 2.16. The number of aromatic nitrogens is 4. The molecule has 0 saturated carbocycles. The van der Waals surface area contributed by atoms with Gasteiger partial charge in [0, 0.05) is 32.1 Å². The molecule has 0 unspecified atom stereocenters. The largest absolute Gasteiger partial charge is 0.334 e. The van der Waals surface area contributed by atoms with Gasteiger partial charge in [-0.3, -0.25) is 14.0 Å². The quantitative estimate of drug-likeness (QED) is 0.724. The number of carbonyl (C=O) groups excluding carboxylic acids is 1. The number of nitrogens with zero attached hydrogens (tertiary/aromatic N) is 5. The molecule has 1 amide bonds.